The van der Waals surface area contributed by atoms with Crippen molar-refractivity contribution >= 4 is 10.9 Å². The van der Waals surface area contributed by atoms with E-state index >= 15 is 0 Å². The van der Waals surface area contributed by atoms with Crippen LogP contribution < -0.4 is 4.74 Å². The monoisotopic (exact) mass is 423 g/mol. The Hall–Kier alpha value is -2.38. The predicted molar refractivity (Wildman–Crippen MR) is 123 cm³/mol. The van der Waals surface area contributed by atoms with Crippen LogP contribution in [-0.4, -0.2) is 78.6 Å². The van der Waals surface area contributed by atoms with Gasteiger partial charge in [0.1, 0.15) is 12.4 Å². The minimum atomic E-state index is -0.427. The number of likely N-dealkylation sites (N-methyl/N-ethyl adjacent to an activating group) is 1. The second-order valence-corrected chi connectivity index (χ2v) is 8.32. The summed E-state index contributed by atoms with van der Waals surface area (Å²) in [6.45, 7) is 7.23. The Morgan fingerprint density at radius 3 is 2.65 bits per heavy atom. The second-order valence-electron chi connectivity index (χ2n) is 8.32. The molecule has 4 rings (SSSR count). The van der Waals surface area contributed by atoms with Gasteiger partial charge in [-0.1, -0.05) is 30.3 Å². The summed E-state index contributed by atoms with van der Waals surface area (Å²) in [5.41, 5.74) is 2.37. The molecule has 1 aliphatic heterocycles. The maximum absolute atomic E-state index is 10.6. The van der Waals surface area contributed by atoms with Crippen LogP contribution in [0.5, 0.6) is 5.75 Å². The zero-order valence-corrected chi connectivity index (χ0v) is 18.3. The van der Waals surface area contributed by atoms with Gasteiger partial charge >= 0.3 is 0 Å². The fraction of sp³-hybridized carbons (Fsp3) is 0.440. The highest BCUT2D eigenvalue weighted by Gasteiger charge is 2.12. The van der Waals surface area contributed by atoms with Crippen molar-refractivity contribution in [3.05, 3.63) is 66.4 Å². The third-order valence-electron chi connectivity index (χ3n) is 5.77. The first-order valence-corrected chi connectivity index (χ1v) is 11.1. The van der Waals surface area contributed by atoms with Crippen LogP contribution in [-0.2, 0) is 17.8 Å². The molecule has 6 nitrogen and oxygen atoms in total. The van der Waals surface area contributed by atoms with Crippen molar-refractivity contribution in [2.24, 2.45) is 0 Å². The smallest absolute Gasteiger partial charge is 0.119 e. The molecule has 0 radical (unpaired) electrons. The Morgan fingerprint density at radius 1 is 1.06 bits per heavy atom. The molecule has 0 amide bonds. The standard InChI is InChI=1S/C25H33N3O3/c1-26(19-23(29)20-28-11-10-22-4-2-3-5-25(22)28)18-21-6-8-24(9-7-21)31-17-14-27-12-15-30-16-13-27/h2-11,23,29H,12-20H2,1H3/t23-/m1/s1. The number of hydrogen-bond acceptors (Lipinski definition) is 5. The number of para-hydroxylation sites is 1. The molecule has 0 bridgehead atoms. The van der Waals surface area contributed by atoms with E-state index in [0.29, 0.717) is 19.7 Å². The Labute approximate surface area is 184 Å². The first-order chi connectivity index (χ1) is 15.2. The van der Waals surface area contributed by atoms with E-state index in [-0.39, 0.29) is 0 Å². The van der Waals surface area contributed by atoms with E-state index in [1.54, 1.807) is 0 Å². The van der Waals surface area contributed by atoms with Gasteiger partial charge in [-0.15, -0.1) is 0 Å². The van der Waals surface area contributed by atoms with Crippen molar-refractivity contribution in [1.29, 1.82) is 0 Å². The summed E-state index contributed by atoms with van der Waals surface area (Å²) >= 11 is 0. The van der Waals surface area contributed by atoms with Gasteiger partial charge in [0, 0.05) is 51.0 Å². The van der Waals surface area contributed by atoms with Gasteiger partial charge in [0.05, 0.1) is 19.3 Å². The van der Waals surface area contributed by atoms with Crippen molar-refractivity contribution in [1.82, 2.24) is 14.4 Å². The molecule has 6 heteroatoms. The van der Waals surface area contributed by atoms with Crippen LogP contribution in [0.4, 0.5) is 0 Å². The van der Waals surface area contributed by atoms with Crippen LogP contribution in [0.2, 0.25) is 0 Å². The number of morpholine rings is 1. The molecular weight excluding hydrogens is 390 g/mol. The van der Waals surface area contributed by atoms with Crippen molar-refractivity contribution in [2.45, 2.75) is 19.2 Å². The lowest BCUT2D eigenvalue weighted by Gasteiger charge is -2.26. The van der Waals surface area contributed by atoms with Gasteiger partial charge < -0.3 is 19.1 Å². The van der Waals surface area contributed by atoms with E-state index in [1.165, 1.54) is 10.9 Å². The maximum Gasteiger partial charge on any atom is 0.119 e. The summed E-state index contributed by atoms with van der Waals surface area (Å²) in [5, 5.41) is 11.8. The molecule has 1 aromatic heterocycles. The molecule has 166 valence electrons. The highest BCUT2D eigenvalue weighted by Crippen LogP contribution is 2.16. The Balaban J connectivity index is 1.20. The lowest BCUT2D eigenvalue weighted by molar-refractivity contribution is 0.0322. The molecule has 1 fully saturated rings. The van der Waals surface area contributed by atoms with Crippen molar-refractivity contribution in [2.75, 3.05) is 53.0 Å². The van der Waals surface area contributed by atoms with Crippen molar-refractivity contribution in [3.8, 4) is 5.75 Å². The first kappa shape index (κ1) is 21.8. The number of benzene rings is 2. The van der Waals surface area contributed by atoms with Gasteiger partial charge in [0.25, 0.3) is 0 Å². The Bertz CT molecular complexity index is 935. The number of rotatable bonds is 10. The van der Waals surface area contributed by atoms with E-state index in [4.69, 9.17) is 9.47 Å². The van der Waals surface area contributed by atoms with Gasteiger partial charge in [0.15, 0.2) is 0 Å². The van der Waals surface area contributed by atoms with E-state index in [1.807, 2.05) is 37.5 Å². The Morgan fingerprint density at radius 2 is 1.84 bits per heavy atom. The van der Waals surface area contributed by atoms with Crippen LogP contribution in [0.3, 0.4) is 0 Å². The van der Waals surface area contributed by atoms with Crippen LogP contribution in [0, 0.1) is 0 Å². The van der Waals surface area contributed by atoms with Crippen molar-refractivity contribution in [3.63, 3.8) is 0 Å². The number of ether oxygens (including phenoxy) is 2. The number of aliphatic hydroxyl groups is 1. The Kier molecular flexibility index (Phi) is 7.59. The first-order valence-electron chi connectivity index (χ1n) is 11.1. The van der Waals surface area contributed by atoms with E-state index in [0.717, 1.165) is 50.7 Å². The van der Waals surface area contributed by atoms with Crippen LogP contribution in [0.25, 0.3) is 10.9 Å². The lowest BCUT2D eigenvalue weighted by Crippen LogP contribution is -2.38. The molecule has 31 heavy (non-hydrogen) atoms. The highest BCUT2D eigenvalue weighted by atomic mass is 16.5. The topological polar surface area (TPSA) is 50.1 Å². The van der Waals surface area contributed by atoms with Gasteiger partial charge in [-0.2, -0.15) is 0 Å². The summed E-state index contributed by atoms with van der Waals surface area (Å²) in [5.74, 6) is 0.902. The quantitative estimate of drug-likeness (QED) is 0.544. The lowest BCUT2D eigenvalue weighted by atomic mass is 10.2. The zero-order valence-electron chi connectivity index (χ0n) is 18.3. The molecule has 2 heterocycles. The number of hydrogen-bond donors (Lipinski definition) is 1. The largest absolute Gasteiger partial charge is 0.492 e. The normalized spacial score (nSPS) is 16.1. The number of fused-ring (bicyclic) bond motifs is 1. The minimum Gasteiger partial charge on any atom is -0.492 e. The van der Waals surface area contributed by atoms with Gasteiger partial charge in [-0.05, 0) is 42.3 Å². The molecule has 0 unspecified atom stereocenters. The maximum atomic E-state index is 10.6. The second kappa shape index (κ2) is 10.8. The molecule has 0 saturated carbocycles. The molecule has 1 aliphatic rings. The van der Waals surface area contributed by atoms with Crippen LogP contribution in [0.1, 0.15) is 5.56 Å². The molecule has 0 spiro atoms. The SMILES string of the molecule is CN(Cc1ccc(OCCN2CCOCC2)cc1)C[C@@H](O)Cn1ccc2ccccc21. The zero-order chi connectivity index (χ0) is 21.5. The summed E-state index contributed by atoms with van der Waals surface area (Å²) in [7, 11) is 2.05. The molecule has 1 N–H and O–H groups in total. The third-order valence-corrected chi connectivity index (χ3v) is 5.77. The number of aromatic nitrogens is 1. The van der Waals surface area contributed by atoms with Gasteiger partial charge in [-0.3, -0.25) is 9.80 Å². The summed E-state index contributed by atoms with van der Waals surface area (Å²) < 4.78 is 13.4. The van der Waals surface area contributed by atoms with E-state index < -0.39 is 6.10 Å². The number of aliphatic hydroxyl groups excluding tert-OH is 1. The van der Waals surface area contributed by atoms with Crippen molar-refractivity contribution < 1.29 is 14.6 Å². The van der Waals surface area contributed by atoms with E-state index in [9.17, 15) is 5.11 Å². The third kappa shape index (κ3) is 6.31. The summed E-state index contributed by atoms with van der Waals surface area (Å²) in [6.07, 6.45) is 1.62. The van der Waals surface area contributed by atoms with Crippen LogP contribution in [0.15, 0.2) is 60.8 Å². The molecule has 3 aromatic rings. The average molecular weight is 424 g/mol. The molecule has 1 atom stereocenters. The number of nitrogens with zero attached hydrogens (tertiary/aromatic N) is 3. The van der Waals surface area contributed by atoms with Crippen LogP contribution >= 0.6 is 0 Å². The van der Waals surface area contributed by atoms with Gasteiger partial charge in [0.2, 0.25) is 0 Å². The fourth-order valence-corrected chi connectivity index (χ4v) is 4.13. The molecule has 1 saturated heterocycles. The molecule has 2 aromatic carbocycles. The van der Waals surface area contributed by atoms with Gasteiger partial charge in [-0.25, -0.2) is 0 Å². The average Bonchev–Trinajstić information content (AvgIpc) is 3.18. The summed E-state index contributed by atoms with van der Waals surface area (Å²) in [4.78, 5) is 4.53. The predicted octanol–water partition coefficient (Wildman–Crippen LogP) is 2.85. The minimum absolute atomic E-state index is 0.427. The van der Waals surface area contributed by atoms with E-state index in [2.05, 4.69) is 44.7 Å². The fourth-order valence-electron chi connectivity index (χ4n) is 4.13. The highest BCUT2D eigenvalue weighted by molar-refractivity contribution is 5.79. The molecule has 0 aliphatic carbocycles. The molecular formula is C25H33N3O3. The summed E-state index contributed by atoms with van der Waals surface area (Å²) in [6, 6.07) is 18.6.